The first-order valence-corrected chi connectivity index (χ1v) is 10.7. The van der Waals surface area contributed by atoms with Crippen LogP contribution in [0, 0.1) is 0 Å². The van der Waals surface area contributed by atoms with E-state index in [4.69, 9.17) is 8.85 Å². The van der Waals surface area contributed by atoms with E-state index in [-0.39, 0.29) is 10.1 Å². The molecule has 0 radical (unpaired) electrons. The van der Waals surface area contributed by atoms with Gasteiger partial charge in [-0.3, -0.25) is 0 Å². The second-order valence-corrected chi connectivity index (χ2v) is 14.2. The highest BCUT2D eigenvalue weighted by Crippen LogP contribution is 2.22. The number of rotatable bonds is 7. The smallest absolute Gasteiger partial charge is 0.423 e. The molecule has 0 unspecified atom stereocenters. The zero-order valence-electron chi connectivity index (χ0n) is 15.3. The molecule has 0 fully saturated rings. The number of hydrogen-bond acceptors (Lipinski definition) is 4. The molecule has 23 heavy (non-hydrogen) atoms. The molecule has 1 rings (SSSR count). The van der Waals surface area contributed by atoms with Gasteiger partial charge in [-0.25, -0.2) is 0 Å². The van der Waals surface area contributed by atoms with Gasteiger partial charge in [0, 0.05) is 0 Å². The van der Waals surface area contributed by atoms with Crippen LogP contribution in [0.15, 0.2) is 18.2 Å². The molecule has 0 bridgehead atoms. The summed E-state index contributed by atoms with van der Waals surface area (Å²) in [6.07, 6.45) is 0. The van der Waals surface area contributed by atoms with Gasteiger partial charge < -0.3 is 18.9 Å². The Bertz CT molecular complexity index is 458. The lowest BCUT2D eigenvalue weighted by atomic mass is 9.79. The first-order chi connectivity index (χ1) is 10.5. The summed E-state index contributed by atoms with van der Waals surface area (Å²) in [7, 11) is -2.71. The summed E-state index contributed by atoms with van der Waals surface area (Å²) in [4.78, 5) is 0. The van der Waals surface area contributed by atoms with Gasteiger partial charge in [0.25, 0.3) is 0 Å². The molecule has 0 saturated heterocycles. The Morgan fingerprint density at radius 1 is 0.826 bits per heavy atom. The maximum absolute atomic E-state index is 9.47. The van der Waals surface area contributed by atoms with Gasteiger partial charge in [-0.15, -0.1) is 0 Å². The maximum Gasteiger partial charge on any atom is 0.488 e. The molecule has 2 N–H and O–H groups in total. The molecule has 7 heteroatoms. The lowest BCUT2D eigenvalue weighted by Crippen LogP contribution is -2.31. The average molecular weight is 354 g/mol. The molecular weight excluding hydrogens is 323 g/mol. The van der Waals surface area contributed by atoms with Crippen molar-refractivity contribution < 1.29 is 18.9 Å². The van der Waals surface area contributed by atoms with E-state index in [0.717, 1.165) is 11.1 Å². The van der Waals surface area contributed by atoms with Crippen molar-refractivity contribution in [1.82, 2.24) is 0 Å². The van der Waals surface area contributed by atoms with Crippen molar-refractivity contribution in [3.63, 3.8) is 0 Å². The van der Waals surface area contributed by atoms with Gasteiger partial charge in [0.2, 0.25) is 0 Å². The second-order valence-electron chi connectivity index (χ2n) is 8.56. The summed E-state index contributed by atoms with van der Waals surface area (Å²) in [5, 5.41) is 19.4. The van der Waals surface area contributed by atoms with Gasteiger partial charge in [-0.2, -0.15) is 0 Å². The first-order valence-electron chi connectivity index (χ1n) is 8.11. The monoisotopic (exact) mass is 354 g/mol. The second kappa shape index (κ2) is 8.60. The van der Waals surface area contributed by atoms with Crippen LogP contribution in [0.2, 0.25) is 10.1 Å². The van der Waals surface area contributed by atoms with Gasteiger partial charge in [-0.1, -0.05) is 59.7 Å². The Morgan fingerprint density at radius 3 is 1.52 bits per heavy atom. The zero-order chi connectivity index (χ0) is 17.7. The molecule has 4 nitrogen and oxygen atoms in total. The van der Waals surface area contributed by atoms with Crippen LogP contribution in [-0.2, 0) is 22.1 Å². The molecule has 0 spiro atoms. The number of hydrogen-bond donors (Lipinski definition) is 2. The number of benzene rings is 1. The van der Waals surface area contributed by atoms with Crippen LogP contribution in [0.5, 0.6) is 0 Å². The minimum absolute atomic E-state index is 0.248. The van der Waals surface area contributed by atoms with Crippen molar-refractivity contribution >= 4 is 32.1 Å². The third-order valence-corrected chi connectivity index (χ3v) is 5.53. The summed E-state index contributed by atoms with van der Waals surface area (Å²) in [5.74, 6) is 0. The maximum atomic E-state index is 9.47. The molecular formula is C16H31BO4Si2. The van der Waals surface area contributed by atoms with E-state index in [9.17, 15) is 10.0 Å². The zero-order valence-corrected chi connectivity index (χ0v) is 18.2. The largest absolute Gasteiger partial charge is 0.488 e. The van der Waals surface area contributed by atoms with E-state index in [1.54, 1.807) is 12.1 Å². The van der Waals surface area contributed by atoms with Crippen LogP contribution < -0.4 is 5.46 Å². The molecule has 0 aliphatic heterocycles. The first kappa shape index (κ1) is 20.6. The standard InChI is InChI=1S/C16H31BO4Si2/c1-15(2,3)22-20-10-12-7-13(9-14(8-12)17(18)19)11-21-23-16(4,5)6/h7-9,18-19H,10-11,22-23H2,1-6H3. The van der Waals surface area contributed by atoms with E-state index < -0.39 is 26.6 Å². The Labute approximate surface area is 145 Å². The molecule has 1 aromatic rings. The van der Waals surface area contributed by atoms with Gasteiger partial charge in [0.1, 0.15) is 0 Å². The molecule has 0 saturated carbocycles. The molecule has 0 heterocycles. The highest BCUT2D eigenvalue weighted by atomic mass is 28.2. The summed E-state index contributed by atoms with van der Waals surface area (Å²) < 4.78 is 11.8. The summed E-state index contributed by atoms with van der Waals surface area (Å²) in [6.45, 7) is 14.1. The minimum atomic E-state index is -1.46. The molecule has 0 atom stereocenters. The van der Waals surface area contributed by atoms with Gasteiger partial charge in [0.15, 0.2) is 19.5 Å². The molecule has 0 aliphatic rings. The molecule has 0 aromatic heterocycles. The minimum Gasteiger partial charge on any atom is -0.423 e. The van der Waals surface area contributed by atoms with Crippen LogP contribution >= 0.6 is 0 Å². The van der Waals surface area contributed by atoms with Crippen LogP contribution in [0.1, 0.15) is 52.7 Å². The SMILES string of the molecule is CC(C)(C)[SiH2]OCc1cc(CO[SiH2]C(C)(C)C)cc(B(O)O)c1. The predicted molar refractivity (Wildman–Crippen MR) is 102 cm³/mol. The normalized spacial score (nSPS) is 13.6. The molecule has 1 aromatic carbocycles. The molecule has 130 valence electrons. The third-order valence-electron chi connectivity index (χ3n) is 2.98. The van der Waals surface area contributed by atoms with Crippen molar-refractivity contribution in [1.29, 1.82) is 0 Å². The van der Waals surface area contributed by atoms with Gasteiger partial charge in [-0.05, 0) is 26.7 Å². The topological polar surface area (TPSA) is 58.9 Å². The van der Waals surface area contributed by atoms with Crippen LogP contribution in [0.3, 0.4) is 0 Å². The van der Waals surface area contributed by atoms with Crippen LogP contribution in [0.25, 0.3) is 0 Å². The highest BCUT2D eigenvalue weighted by molar-refractivity contribution is 6.58. The fourth-order valence-corrected chi connectivity index (χ4v) is 3.96. The van der Waals surface area contributed by atoms with E-state index >= 15 is 0 Å². The van der Waals surface area contributed by atoms with E-state index in [1.807, 2.05) is 6.07 Å². The molecule has 0 amide bonds. The quantitative estimate of drug-likeness (QED) is 0.718. The fraction of sp³-hybridized carbons (Fsp3) is 0.625. The lowest BCUT2D eigenvalue weighted by molar-refractivity contribution is 0.303. The van der Waals surface area contributed by atoms with Crippen molar-refractivity contribution in [2.45, 2.75) is 64.8 Å². The van der Waals surface area contributed by atoms with Crippen molar-refractivity contribution in [3.8, 4) is 0 Å². The van der Waals surface area contributed by atoms with E-state index in [2.05, 4.69) is 41.5 Å². The van der Waals surface area contributed by atoms with E-state index in [0.29, 0.717) is 18.7 Å². The molecule has 0 aliphatic carbocycles. The van der Waals surface area contributed by atoms with Gasteiger partial charge >= 0.3 is 7.12 Å². The van der Waals surface area contributed by atoms with Gasteiger partial charge in [0.05, 0.1) is 13.2 Å². The fourth-order valence-electron chi connectivity index (χ4n) is 2.06. The Hall–Kier alpha value is -0.441. The third kappa shape index (κ3) is 9.44. The average Bonchev–Trinajstić information content (AvgIpc) is 2.35. The summed E-state index contributed by atoms with van der Waals surface area (Å²) in [5.41, 5.74) is 2.45. The van der Waals surface area contributed by atoms with Crippen molar-refractivity contribution in [2.75, 3.05) is 0 Å². The Kier molecular flexibility index (Phi) is 7.70. The summed E-state index contributed by atoms with van der Waals surface area (Å²) >= 11 is 0. The van der Waals surface area contributed by atoms with Crippen LogP contribution in [-0.4, -0.2) is 36.7 Å². The summed E-state index contributed by atoms with van der Waals surface area (Å²) in [6, 6.07) is 5.64. The van der Waals surface area contributed by atoms with Crippen molar-refractivity contribution in [3.05, 3.63) is 29.3 Å². The van der Waals surface area contributed by atoms with Crippen LogP contribution in [0.4, 0.5) is 0 Å². The Balaban J connectivity index is 2.73. The van der Waals surface area contributed by atoms with Crippen molar-refractivity contribution in [2.24, 2.45) is 0 Å². The lowest BCUT2D eigenvalue weighted by Gasteiger charge is -2.19. The predicted octanol–water partition coefficient (Wildman–Crippen LogP) is 1.00. The Morgan fingerprint density at radius 2 is 1.22 bits per heavy atom. The highest BCUT2D eigenvalue weighted by Gasteiger charge is 2.16. The van der Waals surface area contributed by atoms with E-state index in [1.165, 1.54) is 0 Å².